The van der Waals surface area contributed by atoms with E-state index in [1.807, 2.05) is 11.4 Å². The zero-order valence-electron chi connectivity index (χ0n) is 16.8. The van der Waals surface area contributed by atoms with Crippen LogP contribution in [-0.4, -0.2) is 36.8 Å². The van der Waals surface area contributed by atoms with Crippen molar-refractivity contribution in [1.29, 1.82) is 0 Å². The molecule has 2 aromatic heterocycles. The van der Waals surface area contributed by atoms with Crippen LogP contribution in [-0.2, 0) is 4.74 Å². The van der Waals surface area contributed by atoms with Gasteiger partial charge in [-0.3, -0.25) is 0 Å². The molecule has 1 fully saturated rings. The molecule has 1 aliphatic carbocycles. The van der Waals surface area contributed by atoms with E-state index in [4.69, 9.17) is 21.3 Å². The summed E-state index contributed by atoms with van der Waals surface area (Å²) >= 11 is 8.02. The van der Waals surface area contributed by atoms with Gasteiger partial charge in [-0.2, -0.15) is 0 Å². The number of hydrogen-bond donors (Lipinski definition) is 2. The van der Waals surface area contributed by atoms with Crippen LogP contribution in [0.4, 0.5) is 10.9 Å². The molecule has 0 spiro atoms. The van der Waals surface area contributed by atoms with E-state index in [1.54, 1.807) is 24.6 Å². The predicted molar refractivity (Wildman–Crippen MR) is 120 cm³/mol. The van der Waals surface area contributed by atoms with Crippen molar-refractivity contribution >= 4 is 33.9 Å². The summed E-state index contributed by atoms with van der Waals surface area (Å²) in [6.07, 6.45) is 9.47. The smallest absolute Gasteiger partial charge is 0.183 e. The second-order valence-corrected chi connectivity index (χ2v) is 9.01. The van der Waals surface area contributed by atoms with Crippen molar-refractivity contribution in [3.8, 4) is 11.3 Å². The van der Waals surface area contributed by atoms with E-state index in [1.165, 1.54) is 32.1 Å². The lowest BCUT2D eigenvalue weighted by molar-refractivity contribution is 0.182. The van der Waals surface area contributed by atoms with Crippen molar-refractivity contribution in [3.05, 3.63) is 22.7 Å². The van der Waals surface area contributed by atoms with E-state index in [2.05, 4.69) is 22.5 Å². The summed E-state index contributed by atoms with van der Waals surface area (Å²) in [5.41, 5.74) is 1.82. The van der Waals surface area contributed by atoms with Gasteiger partial charge in [0, 0.05) is 43.9 Å². The van der Waals surface area contributed by atoms with E-state index < -0.39 is 0 Å². The number of halogens is 1. The van der Waals surface area contributed by atoms with Crippen molar-refractivity contribution in [2.24, 2.45) is 11.8 Å². The van der Waals surface area contributed by atoms with Gasteiger partial charge >= 0.3 is 0 Å². The molecule has 5 nitrogen and oxygen atoms in total. The van der Waals surface area contributed by atoms with Crippen molar-refractivity contribution in [1.82, 2.24) is 9.97 Å². The summed E-state index contributed by atoms with van der Waals surface area (Å²) in [5, 5.41) is 10.5. The van der Waals surface area contributed by atoms with E-state index in [9.17, 15) is 0 Å². The zero-order valence-corrected chi connectivity index (χ0v) is 18.4. The summed E-state index contributed by atoms with van der Waals surface area (Å²) in [4.78, 5) is 9.17. The molecule has 2 aromatic rings. The van der Waals surface area contributed by atoms with Crippen LogP contribution >= 0.6 is 22.9 Å². The Balaban J connectivity index is 1.59. The normalized spacial score (nSPS) is 16.1. The molecule has 0 amide bonds. The highest BCUT2D eigenvalue weighted by Crippen LogP contribution is 2.32. The number of methoxy groups -OCH3 is 1. The molecule has 7 heteroatoms. The number of rotatable bonds is 10. The second kappa shape index (κ2) is 11.0. The second-order valence-electron chi connectivity index (χ2n) is 7.74. The number of hydrogen-bond acceptors (Lipinski definition) is 6. The molecule has 1 aliphatic rings. The Morgan fingerprint density at radius 1 is 1.29 bits per heavy atom. The number of anilines is 2. The Morgan fingerprint density at radius 2 is 2.11 bits per heavy atom. The monoisotopic (exact) mass is 422 g/mol. The van der Waals surface area contributed by atoms with Crippen molar-refractivity contribution in [3.63, 3.8) is 0 Å². The maximum atomic E-state index is 6.41. The molecule has 154 valence electrons. The first-order valence-corrected chi connectivity index (χ1v) is 11.5. The van der Waals surface area contributed by atoms with Crippen molar-refractivity contribution < 1.29 is 4.74 Å². The summed E-state index contributed by atoms with van der Waals surface area (Å²) < 4.78 is 5.14. The van der Waals surface area contributed by atoms with Crippen LogP contribution in [0.2, 0.25) is 5.02 Å². The Hall–Kier alpha value is -1.37. The molecule has 3 rings (SSSR count). The number of ether oxygens (including phenoxy) is 1. The van der Waals surface area contributed by atoms with Crippen LogP contribution in [0.3, 0.4) is 0 Å². The van der Waals surface area contributed by atoms with E-state index in [0.29, 0.717) is 10.9 Å². The van der Waals surface area contributed by atoms with Gasteiger partial charge < -0.3 is 15.4 Å². The number of nitrogens with one attached hydrogen (secondary N) is 2. The number of thiazole rings is 1. The largest absolute Gasteiger partial charge is 0.385 e. The Morgan fingerprint density at radius 3 is 2.89 bits per heavy atom. The summed E-state index contributed by atoms with van der Waals surface area (Å²) in [6, 6.07) is 2.02. The maximum absolute atomic E-state index is 6.41. The minimum Gasteiger partial charge on any atom is -0.385 e. The summed E-state index contributed by atoms with van der Waals surface area (Å²) in [5.74, 6) is 2.16. The van der Waals surface area contributed by atoms with Crippen LogP contribution in [0.1, 0.15) is 45.4 Å². The molecule has 0 bridgehead atoms. The molecular formula is C21H31ClN4OS. The number of nitrogens with zero attached hydrogens (tertiary/aromatic N) is 2. The van der Waals surface area contributed by atoms with Crippen LogP contribution in [0.15, 0.2) is 17.6 Å². The quantitative estimate of drug-likeness (QED) is 0.496. The zero-order chi connectivity index (χ0) is 19.8. The first-order chi connectivity index (χ1) is 13.7. The first-order valence-electron chi connectivity index (χ1n) is 10.2. The van der Waals surface area contributed by atoms with Crippen LogP contribution in [0, 0.1) is 11.8 Å². The van der Waals surface area contributed by atoms with Gasteiger partial charge in [-0.1, -0.05) is 37.8 Å². The Labute approximate surface area is 177 Å². The first kappa shape index (κ1) is 21.3. The molecule has 1 atom stereocenters. The molecule has 0 saturated heterocycles. The summed E-state index contributed by atoms with van der Waals surface area (Å²) in [7, 11) is 1.74. The molecule has 2 heterocycles. The van der Waals surface area contributed by atoms with Gasteiger partial charge in [0.2, 0.25) is 0 Å². The summed E-state index contributed by atoms with van der Waals surface area (Å²) in [6.45, 7) is 4.87. The molecule has 0 aliphatic heterocycles. The topological polar surface area (TPSA) is 59.1 Å². The standard InChI is InChI=1S/C21H31ClN4OS/c1-15(8-9-27-2)11-25-21-26-19(14-28-21)17-10-20(24-13-18(17)22)23-12-16-6-4-3-5-7-16/h10,13-16H,3-9,11-12H2,1-2H3,(H,23,24)(H,25,26). The molecule has 1 saturated carbocycles. The van der Waals surface area contributed by atoms with Gasteiger partial charge in [0.05, 0.1) is 10.7 Å². The van der Waals surface area contributed by atoms with Crippen LogP contribution in [0.5, 0.6) is 0 Å². The maximum Gasteiger partial charge on any atom is 0.183 e. The average Bonchev–Trinajstić information content (AvgIpc) is 3.19. The fraction of sp³-hybridized carbons (Fsp3) is 0.619. The van der Waals surface area contributed by atoms with Gasteiger partial charge in [0.15, 0.2) is 5.13 Å². The average molecular weight is 423 g/mol. The highest BCUT2D eigenvalue weighted by molar-refractivity contribution is 7.14. The Bertz CT molecular complexity index is 733. The lowest BCUT2D eigenvalue weighted by Gasteiger charge is -2.22. The predicted octanol–water partition coefficient (Wildman–Crippen LogP) is 5.94. The third kappa shape index (κ3) is 6.33. The van der Waals surface area contributed by atoms with E-state index >= 15 is 0 Å². The molecular weight excluding hydrogens is 392 g/mol. The molecule has 28 heavy (non-hydrogen) atoms. The lowest BCUT2D eigenvalue weighted by atomic mass is 9.89. The van der Waals surface area contributed by atoms with Crippen molar-refractivity contribution in [2.45, 2.75) is 45.4 Å². The molecule has 2 N–H and O–H groups in total. The van der Waals surface area contributed by atoms with Gasteiger partial charge in [-0.15, -0.1) is 11.3 Å². The SMILES string of the molecule is COCCC(C)CNc1nc(-c2cc(NCC3CCCCC3)ncc2Cl)cs1. The molecule has 0 aromatic carbocycles. The van der Waals surface area contributed by atoms with Gasteiger partial charge in [0.25, 0.3) is 0 Å². The van der Waals surface area contributed by atoms with Gasteiger partial charge in [0.1, 0.15) is 5.82 Å². The third-order valence-corrected chi connectivity index (χ3v) is 6.45. The van der Waals surface area contributed by atoms with Crippen molar-refractivity contribution in [2.75, 3.05) is 37.4 Å². The minimum absolute atomic E-state index is 0.535. The van der Waals surface area contributed by atoms with E-state index in [-0.39, 0.29) is 0 Å². The fourth-order valence-corrected chi connectivity index (χ4v) is 4.45. The van der Waals surface area contributed by atoms with Gasteiger partial charge in [-0.05, 0) is 37.2 Å². The van der Waals surface area contributed by atoms with Gasteiger partial charge in [-0.25, -0.2) is 9.97 Å². The number of pyridine rings is 1. The van der Waals surface area contributed by atoms with E-state index in [0.717, 1.165) is 54.2 Å². The lowest BCUT2D eigenvalue weighted by Crippen LogP contribution is -2.17. The fourth-order valence-electron chi connectivity index (χ4n) is 3.53. The molecule has 1 unspecified atom stereocenters. The highest BCUT2D eigenvalue weighted by atomic mass is 35.5. The minimum atomic E-state index is 0.535. The van der Waals surface area contributed by atoms with Crippen LogP contribution in [0.25, 0.3) is 11.3 Å². The van der Waals surface area contributed by atoms with Crippen LogP contribution < -0.4 is 10.6 Å². The highest BCUT2D eigenvalue weighted by Gasteiger charge is 2.15. The number of aromatic nitrogens is 2. The Kier molecular flexibility index (Phi) is 8.37. The molecule has 0 radical (unpaired) electrons. The third-order valence-electron chi connectivity index (χ3n) is 5.35.